The molecule has 1 atom stereocenters. The van der Waals surface area contributed by atoms with Gasteiger partial charge in [0.05, 0.1) is 6.54 Å². The molecule has 0 aliphatic heterocycles. The van der Waals surface area contributed by atoms with Gasteiger partial charge in [-0.25, -0.2) is 13.6 Å². The van der Waals surface area contributed by atoms with Crippen molar-refractivity contribution in [2.45, 2.75) is 18.3 Å². The molecule has 0 aromatic heterocycles. The molecule has 82 valence electrons. The summed E-state index contributed by atoms with van der Waals surface area (Å²) in [5, 5.41) is 10.0. The van der Waals surface area contributed by atoms with Crippen LogP contribution in [0.1, 0.15) is 6.42 Å². The molecule has 0 bridgehead atoms. The molecule has 1 aliphatic carbocycles. The van der Waals surface area contributed by atoms with Crippen LogP contribution in [0.15, 0.2) is 0 Å². The highest BCUT2D eigenvalue weighted by Gasteiger charge is 2.56. The highest BCUT2D eigenvalue weighted by molar-refractivity contribution is 5.75. The van der Waals surface area contributed by atoms with Gasteiger partial charge in [0.1, 0.15) is 0 Å². The van der Waals surface area contributed by atoms with Crippen molar-refractivity contribution in [3.8, 4) is 0 Å². The molecule has 1 unspecified atom stereocenters. The first-order valence-electron chi connectivity index (χ1n) is 3.95. The lowest BCUT2D eigenvalue weighted by atomic mass is 10.3. The van der Waals surface area contributed by atoms with Crippen LogP contribution in [0.4, 0.5) is 17.6 Å². The van der Waals surface area contributed by atoms with E-state index in [1.807, 2.05) is 5.32 Å². The predicted molar refractivity (Wildman–Crippen MR) is 38.5 cm³/mol. The van der Waals surface area contributed by atoms with E-state index in [0.29, 0.717) is 0 Å². The number of carboxylic acid groups (broad SMARTS) is 1. The maximum Gasteiger partial charge on any atom is 0.375 e. The first-order valence-corrected chi connectivity index (χ1v) is 3.95. The van der Waals surface area contributed by atoms with Crippen LogP contribution in [-0.2, 0) is 4.79 Å². The standard InChI is InChI=1S/C7H9F4NO2/c8-6(9)1-4(6)2-12-3-7(10,11)5(13)14/h4,12H,1-3H2,(H,13,14). The number of aliphatic carboxylic acids is 1. The van der Waals surface area contributed by atoms with E-state index in [4.69, 9.17) is 5.11 Å². The van der Waals surface area contributed by atoms with Crippen LogP contribution >= 0.6 is 0 Å². The second kappa shape index (κ2) is 3.38. The quantitative estimate of drug-likeness (QED) is 0.671. The Kier molecular flexibility index (Phi) is 2.71. The molecule has 0 aromatic carbocycles. The number of carboxylic acids is 1. The van der Waals surface area contributed by atoms with Gasteiger partial charge in [-0.3, -0.25) is 0 Å². The zero-order valence-electron chi connectivity index (χ0n) is 7.07. The minimum absolute atomic E-state index is 0.282. The van der Waals surface area contributed by atoms with Gasteiger partial charge in [-0.15, -0.1) is 0 Å². The molecule has 3 nitrogen and oxygen atoms in total. The van der Waals surface area contributed by atoms with Crippen LogP contribution in [0.3, 0.4) is 0 Å². The SMILES string of the molecule is O=C(O)C(F)(F)CNCC1CC1(F)F. The van der Waals surface area contributed by atoms with Crippen LogP contribution in [0.2, 0.25) is 0 Å². The van der Waals surface area contributed by atoms with Gasteiger partial charge < -0.3 is 10.4 Å². The molecule has 7 heteroatoms. The Labute approximate surface area is 77.1 Å². The summed E-state index contributed by atoms with van der Waals surface area (Å²) in [5.74, 6) is -9.87. The van der Waals surface area contributed by atoms with E-state index in [1.54, 1.807) is 0 Å². The van der Waals surface area contributed by atoms with Gasteiger partial charge in [-0.05, 0) is 0 Å². The first-order chi connectivity index (χ1) is 6.26. The summed E-state index contributed by atoms with van der Waals surface area (Å²) >= 11 is 0. The zero-order valence-corrected chi connectivity index (χ0v) is 7.07. The van der Waals surface area contributed by atoms with E-state index < -0.39 is 30.3 Å². The summed E-state index contributed by atoms with van der Waals surface area (Å²) < 4.78 is 49.2. The number of alkyl halides is 4. The smallest absolute Gasteiger partial charge is 0.375 e. The number of nitrogens with one attached hydrogen (secondary N) is 1. The molecule has 0 amide bonds. The fourth-order valence-corrected chi connectivity index (χ4v) is 0.970. The van der Waals surface area contributed by atoms with Gasteiger partial charge in [0.25, 0.3) is 5.92 Å². The van der Waals surface area contributed by atoms with Crippen LogP contribution in [0, 0.1) is 5.92 Å². The largest absolute Gasteiger partial charge is 0.477 e. The Hall–Kier alpha value is -0.850. The number of hydrogen-bond donors (Lipinski definition) is 2. The van der Waals surface area contributed by atoms with Gasteiger partial charge in [0, 0.05) is 18.9 Å². The van der Waals surface area contributed by atoms with Gasteiger partial charge in [-0.1, -0.05) is 0 Å². The lowest BCUT2D eigenvalue weighted by Gasteiger charge is -2.11. The number of hydrogen-bond acceptors (Lipinski definition) is 2. The summed E-state index contributed by atoms with van der Waals surface area (Å²) in [4.78, 5) is 9.90. The van der Waals surface area contributed by atoms with Crippen molar-refractivity contribution in [1.29, 1.82) is 0 Å². The van der Waals surface area contributed by atoms with Crippen LogP contribution < -0.4 is 5.32 Å². The van der Waals surface area contributed by atoms with Gasteiger partial charge in [0.15, 0.2) is 0 Å². The lowest BCUT2D eigenvalue weighted by molar-refractivity contribution is -0.164. The third-order valence-corrected chi connectivity index (χ3v) is 2.01. The van der Waals surface area contributed by atoms with Crippen molar-refractivity contribution in [3.63, 3.8) is 0 Å². The fourth-order valence-electron chi connectivity index (χ4n) is 0.970. The summed E-state index contributed by atoms with van der Waals surface area (Å²) in [7, 11) is 0. The monoisotopic (exact) mass is 215 g/mol. The maximum absolute atomic E-state index is 12.4. The van der Waals surface area contributed by atoms with Crippen molar-refractivity contribution in [3.05, 3.63) is 0 Å². The normalized spacial score (nSPS) is 24.7. The van der Waals surface area contributed by atoms with Crippen LogP contribution in [-0.4, -0.2) is 36.0 Å². The van der Waals surface area contributed by atoms with Crippen LogP contribution in [0.5, 0.6) is 0 Å². The Morgan fingerprint density at radius 3 is 2.43 bits per heavy atom. The first kappa shape index (κ1) is 11.2. The third kappa shape index (κ3) is 2.57. The summed E-state index contributed by atoms with van der Waals surface area (Å²) in [6, 6.07) is 0. The van der Waals surface area contributed by atoms with E-state index >= 15 is 0 Å². The van der Waals surface area contributed by atoms with Gasteiger partial charge >= 0.3 is 11.9 Å². The Morgan fingerprint density at radius 2 is 2.07 bits per heavy atom. The average Bonchev–Trinajstić information content (AvgIpc) is 2.58. The number of carbonyl (C=O) groups is 1. The molecular weight excluding hydrogens is 206 g/mol. The molecule has 1 saturated carbocycles. The molecule has 0 aromatic rings. The molecule has 2 N–H and O–H groups in total. The van der Waals surface area contributed by atoms with Gasteiger partial charge in [-0.2, -0.15) is 8.78 Å². The average molecular weight is 215 g/mol. The Morgan fingerprint density at radius 1 is 1.57 bits per heavy atom. The number of halogens is 4. The molecule has 0 spiro atoms. The van der Waals surface area contributed by atoms with E-state index in [-0.39, 0.29) is 13.0 Å². The molecule has 1 fully saturated rings. The van der Waals surface area contributed by atoms with E-state index in [9.17, 15) is 22.4 Å². The Bertz CT molecular complexity index is 244. The maximum atomic E-state index is 12.4. The molecule has 1 rings (SSSR count). The minimum Gasteiger partial charge on any atom is -0.477 e. The Balaban J connectivity index is 2.19. The van der Waals surface area contributed by atoms with Gasteiger partial charge in [0.2, 0.25) is 0 Å². The second-order valence-corrected chi connectivity index (χ2v) is 3.30. The van der Waals surface area contributed by atoms with E-state index in [2.05, 4.69) is 0 Å². The number of rotatable bonds is 5. The van der Waals surface area contributed by atoms with Crippen molar-refractivity contribution >= 4 is 5.97 Å². The predicted octanol–water partition coefficient (Wildman–Crippen LogP) is 0.951. The van der Waals surface area contributed by atoms with Crippen LogP contribution in [0.25, 0.3) is 0 Å². The fraction of sp³-hybridized carbons (Fsp3) is 0.857. The van der Waals surface area contributed by atoms with Crippen molar-refractivity contribution in [2.24, 2.45) is 5.92 Å². The lowest BCUT2D eigenvalue weighted by Crippen LogP contribution is -2.40. The molecule has 1 aliphatic rings. The molecular formula is C7H9F4NO2. The van der Waals surface area contributed by atoms with E-state index in [1.165, 1.54) is 0 Å². The zero-order chi connectivity index (χ0) is 11.0. The topological polar surface area (TPSA) is 49.3 Å². The second-order valence-electron chi connectivity index (χ2n) is 3.30. The highest BCUT2D eigenvalue weighted by Crippen LogP contribution is 2.47. The van der Waals surface area contributed by atoms with Crippen molar-refractivity contribution < 1.29 is 27.5 Å². The molecule has 0 saturated heterocycles. The summed E-state index contributed by atoms with van der Waals surface area (Å²) in [6.45, 7) is -1.40. The molecule has 0 radical (unpaired) electrons. The minimum atomic E-state index is -3.90. The van der Waals surface area contributed by atoms with E-state index in [0.717, 1.165) is 0 Å². The molecule has 0 heterocycles. The third-order valence-electron chi connectivity index (χ3n) is 2.01. The summed E-state index contributed by atoms with van der Waals surface area (Å²) in [6.07, 6.45) is -0.321. The van der Waals surface area contributed by atoms with Crippen molar-refractivity contribution in [1.82, 2.24) is 5.32 Å². The highest BCUT2D eigenvalue weighted by atomic mass is 19.3. The summed E-state index contributed by atoms with van der Waals surface area (Å²) in [5.41, 5.74) is 0. The van der Waals surface area contributed by atoms with Crippen molar-refractivity contribution in [2.75, 3.05) is 13.1 Å². The molecule has 14 heavy (non-hydrogen) atoms.